The molecule has 0 atom stereocenters. The van der Waals surface area contributed by atoms with Gasteiger partial charge in [-0.1, -0.05) is 77.3 Å². The molecular weight excluding hydrogens is 521 g/mol. The molecule has 4 aromatic rings. The molecule has 6 nitrogen and oxygen atoms in total. The van der Waals surface area contributed by atoms with Gasteiger partial charge in [-0.2, -0.15) is 0 Å². The van der Waals surface area contributed by atoms with E-state index in [9.17, 15) is 14.4 Å². The van der Waals surface area contributed by atoms with Crippen molar-refractivity contribution in [3.63, 3.8) is 0 Å². The zero-order valence-corrected chi connectivity index (χ0v) is 20.7. The van der Waals surface area contributed by atoms with E-state index >= 15 is 0 Å². The summed E-state index contributed by atoms with van der Waals surface area (Å²) in [7, 11) is 0. The molecule has 0 unspecified atom stereocenters. The Bertz CT molecular complexity index is 1590. The lowest BCUT2D eigenvalue weighted by Gasteiger charge is -2.17. The molecule has 1 heterocycles. The van der Waals surface area contributed by atoms with E-state index in [1.165, 1.54) is 12.1 Å². The van der Waals surface area contributed by atoms with Gasteiger partial charge in [-0.25, -0.2) is 4.90 Å². The maximum atomic E-state index is 13.1. The zero-order valence-electron chi connectivity index (χ0n) is 18.4. The molecule has 2 N–H and O–H groups in total. The summed E-state index contributed by atoms with van der Waals surface area (Å²) in [6.45, 7) is 0. The highest BCUT2D eigenvalue weighted by atomic mass is 35.5. The van der Waals surface area contributed by atoms with E-state index < -0.39 is 11.8 Å². The van der Waals surface area contributed by atoms with Gasteiger partial charge in [-0.05, 0) is 47.9 Å². The predicted octanol–water partition coefficient (Wildman–Crippen LogP) is 6.83. The molecule has 36 heavy (non-hydrogen) atoms. The molecule has 1 aliphatic rings. The highest BCUT2D eigenvalue weighted by Gasteiger charge is 2.40. The molecule has 0 aliphatic carbocycles. The Morgan fingerprint density at radius 2 is 1.53 bits per heavy atom. The lowest BCUT2D eigenvalue weighted by Crippen LogP contribution is -2.32. The van der Waals surface area contributed by atoms with Crippen molar-refractivity contribution in [1.29, 1.82) is 0 Å². The van der Waals surface area contributed by atoms with Crippen LogP contribution in [0.2, 0.25) is 10.0 Å². The van der Waals surface area contributed by atoms with Crippen LogP contribution in [0, 0.1) is 0 Å². The Morgan fingerprint density at radius 1 is 0.778 bits per heavy atom. The number of benzene rings is 4. The summed E-state index contributed by atoms with van der Waals surface area (Å²) in [6.07, 6.45) is 0. The highest BCUT2D eigenvalue weighted by Crippen LogP contribution is 2.36. The molecule has 0 fully saturated rings. The maximum absolute atomic E-state index is 13.1. The summed E-state index contributed by atoms with van der Waals surface area (Å²) in [4.78, 5) is 39.7. The van der Waals surface area contributed by atoms with E-state index in [-0.39, 0.29) is 27.3 Å². The van der Waals surface area contributed by atoms with Crippen LogP contribution in [0.3, 0.4) is 0 Å². The van der Waals surface area contributed by atoms with Crippen molar-refractivity contribution in [2.24, 2.45) is 0 Å². The first-order chi connectivity index (χ1) is 17.3. The van der Waals surface area contributed by atoms with Gasteiger partial charge >= 0.3 is 0 Å². The van der Waals surface area contributed by atoms with Crippen molar-refractivity contribution in [2.75, 3.05) is 15.5 Å². The van der Waals surface area contributed by atoms with E-state index in [0.717, 1.165) is 15.7 Å². The third-order valence-corrected chi connectivity index (χ3v) is 6.51. The quantitative estimate of drug-likeness (QED) is 0.274. The summed E-state index contributed by atoms with van der Waals surface area (Å²) in [5.41, 5.74) is 1.40. The topological polar surface area (TPSA) is 78.5 Å². The average Bonchev–Trinajstić information content (AvgIpc) is 3.09. The number of rotatable bonds is 5. The predicted molar refractivity (Wildman–Crippen MR) is 144 cm³/mol. The normalized spacial score (nSPS) is 13.5. The molecular formula is C27H16Cl3N3O3. The number of fused-ring (bicyclic) bond motifs is 1. The highest BCUT2D eigenvalue weighted by molar-refractivity contribution is 6.54. The summed E-state index contributed by atoms with van der Waals surface area (Å²) in [5, 5.41) is 7.88. The maximum Gasteiger partial charge on any atom is 0.283 e. The second kappa shape index (κ2) is 9.66. The number of anilines is 3. The van der Waals surface area contributed by atoms with Gasteiger partial charge in [0.1, 0.15) is 10.7 Å². The number of hydrogen-bond donors (Lipinski definition) is 2. The van der Waals surface area contributed by atoms with Gasteiger partial charge in [0.25, 0.3) is 17.7 Å². The van der Waals surface area contributed by atoms with E-state index in [1.807, 2.05) is 42.5 Å². The van der Waals surface area contributed by atoms with Crippen LogP contribution < -0.4 is 15.5 Å². The number of hydrogen-bond acceptors (Lipinski definition) is 4. The minimum atomic E-state index is -0.738. The molecule has 0 saturated heterocycles. The number of imide groups is 1. The van der Waals surface area contributed by atoms with Crippen LogP contribution in [0.5, 0.6) is 0 Å². The molecule has 4 aromatic carbocycles. The van der Waals surface area contributed by atoms with Gasteiger partial charge in [0.15, 0.2) is 0 Å². The van der Waals surface area contributed by atoms with Crippen molar-refractivity contribution in [1.82, 2.24) is 0 Å². The first-order valence-electron chi connectivity index (χ1n) is 10.7. The lowest BCUT2D eigenvalue weighted by molar-refractivity contribution is -0.120. The van der Waals surface area contributed by atoms with E-state index in [1.54, 1.807) is 30.3 Å². The van der Waals surface area contributed by atoms with Gasteiger partial charge < -0.3 is 10.6 Å². The fraction of sp³-hybridized carbons (Fsp3) is 0. The first-order valence-corrected chi connectivity index (χ1v) is 11.9. The molecule has 3 amide bonds. The summed E-state index contributed by atoms with van der Waals surface area (Å²) in [6, 6.07) is 24.3. The molecule has 0 bridgehead atoms. The molecule has 9 heteroatoms. The van der Waals surface area contributed by atoms with Crippen molar-refractivity contribution >= 4 is 80.4 Å². The van der Waals surface area contributed by atoms with Gasteiger partial charge in [0.05, 0.1) is 10.7 Å². The van der Waals surface area contributed by atoms with E-state index in [2.05, 4.69) is 10.6 Å². The number of carbonyl (C=O) groups is 3. The smallest absolute Gasteiger partial charge is 0.283 e. The lowest BCUT2D eigenvalue weighted by atomic mass is 10.1. The molecule has 0 saturated carbocycles. The standard InChI is InChI=1S/C27H16Cl3N3O3/c28-17-11-12-20(29)22(14-17)33-26(35)23(30)24(27(33)36)31-18-8-3-7-16(13-18)25(34)32-21-10-4-6-15-5-1-2-9-19(15)21/h1-14,31H,(H,32,34). The zero-order chi connectivity index (χ0) is 25.4. The van der Waals surface area contributed by atoms with E-state index in [4.69, 9.17) is 34.8 Å². The number of nitrogens with one attached hydrogen (secondary N) is 2. The molecule has 0 spiro atoms. The Hall–Kier alpha value is -3.84. The molecule has 0 radical (unpaired) electrons. The third kappa shape index (κ3) is 4.42. The fourth-order valence-electron chi connectivity index (χ4n) is 3.90. The van der Waals surface area contributed by atoms with Gasteiger partial charge in [-0.3, -0.25) is 14.4 Å². The van der Waals surface area contributed by atoms with Crippen molar-refractivity contribution in [3.8, 4) is 0 Å². The minimum absolute atomic E-state index is 0.123. The Morgan fingerprint density at radius 3 is 2.36 bits per heavy atom. The number of halogens is 3. The minimum Gasteiger partial charge on any atom is -0.350 e. The Labute approximate surface area is 221 Å². The number of amides is 3. The fourth-order valence-corrected chi connectivity index (χ4v) is 4.48. The van der Waals surface area contributed by atoms with Crippen molar-refractivity contribution in [2.45, 2.75) is 0 Å². The van der Waals surface area contributed by atoms with Crippen LogP contribution in [-0.4, -0.2) is 17.7 Å². The summed E-state index contributed by atoms with van der Waals surface area (Å²) < 4.78 is 0. The molecule has 1 aliphatic heterocycles. The Balaban J connectivity index is 1.39. The number of nitrogens with zero attached hydrogens (tertiary/aromatic N) is 1. The van der Waals surface area contributed by atoms with Crippen LogP contribution >= 0.6 is 34.8 Å². The number of carbonyl (C=O) groups excluding carboxylic acids is 3. The van der Waals surface area contributed by atoms with Crippen LogP contribution in [-0.2, 0) is 9.59 Å². The van der Waals surface area contributed by atoms with E-state index in [0.29, 0.717) is 22.0 Å². The molecule has 178 valence electrons. The SMILES string of the molecule is O=C(Nc1cccc2ccccc12)c1cccc(NC2=C(Cl)C(=O)N(c3cc(Cl)ccc3Cl)C2=O)c1. The van der Waals surface area contributed by atoms with Crippen LogP contribution in [0.15, 0.2) is 95.7 Å². The van der Waals surface area contributed by atoms with Gasteiger partial charge in [0, 0.05) is 27.3 Å². The van der Waals surface area contributed by atoms with Crippen LogP contribution in [0.25, 0.3) is 10.8 Å². The van der Waals surface area contributed by atoms with Crippen molar-refractivity contribution in [3.05, 3.63) is 111 Å². The van der Waals surface area contributed by atoms with Gasteiger partial charge in [-0.15, -0.1) is 0 Å². The monoisotopic (exact) mass is 535 g/mol. The Kier molecular flexibility index (Phi) is 6.41. The second-order valence-corrected chi connectivity index (χ2v) is 9.14. The average molecular weight is 537 g/mol. The van der Waals surface area contributed by atoms with Gasteiger partial charge in [0.2, 0.25) is 0 Å². The van der Waals surface area contributed by atoms with Crippen LogP contribution in [0.4, 0.5) is 17.1 Å². The summed E-state index contributed by atoms with van der Waals surface area (Å²) >= 11 is 18.4. The summed E-state index contributed by atoms with van der Waals surface area (Å²) in [5.74, 6) is -1.77. The first kappa shape index (κ1) is 23.9. The second-order valence-electron chi connectivity index (χ2n) is 7.92. The molecule has 0 aromatic heterocycles. The third-order valence-electron chi connectivity index (χ3n) is 5.61. The van der Waals surface area contributed by atoms with Crippen LogP contribution in [0.1, 0.15) is 10.4 Å². The largest absolute Gasteiger partial charge is 0.350 e. The molecule has 5 rings (SSSR count). The van der Waals surface area contributed by atoms with Crippen molar-refractivity contribution < 1.29 is 14.4 Å².